The van der Waals surface area contributed by atoms with Crippen molar-refractivity contribution >= 4 is 11.6 Å². The monoisotopic (exact) mass is 349 g/mol. The number of para-hydroxylation sites is 1. The van der Waals surface area contributed by atoms with Crippen LogP contribution in [0.5, 0.6) is 5.75 Å². The molecule has 3 aromatic carbocycles. The summed E-state index contributed by atoms with van der Waals surface area (Å²) >= 11 is 0. The molecule has 0 fully saturated rings. The highest BCUT2D eigenvalue weighted by Gasteiger charge is 2.21. The van der Waals surface area contributed by atoms with Crippen LogP contribution in [-0.4, -0.2) is 19.6 Å². The summed E-state index contributed by atoms with van der Waals surface area (Å²) in [7, 11) is 1.47. The fraction of sp³-hybridized carbons (Fsp3) is 0.136. The van der Waals surface area contributed by atoms with Crippen molar-refractivity contribution in [1.29, 1.82) is 0 Å². The first-order valence-electron chi connectivity index (χ1n) is 8.43. The number of halogens is 1. The second-order valence-corrected chi connectivity index (χ2v) is 5.87. The maximum absolute atomic E-state index is 13.7. The van der Waals surface area contributed by atoms with Gasteiger partial charge in [-0.25, -0.2) is 4.39 Å². The van der Waals surface area contributed by atoms with Crippen LogP contribution < -0.4 is 9.64 Å². The van der Waals surface area contributed by atoms with Gasteiger partial charge < -0.3 is 9.64 Å². The number of ether oxygens (including phenoxy) is 1. The van der Waals surface area contributed by atoms with Crippen LogP contribution in [0, 0.1) is 5.82 Å². The van der Waals surface area contributed by atoms with Crippen LogP contribution in [0.4, 0.5) is 10.1 Å². The zero-order valence-electron chi connectivity index (χ0n) is 14.6. The number of benzene rings is 3. The summed E-state index contributed by atoms with van der Waals surface area (Å²) in [5.74, 6) is -0.397. The van der Waals surface area contributed by atoms with Crippen LogP contribution in [0.3, 0.4) is 0 Å². The van der Waals surface area contributed by atoms with Gasteiger partial charge in [-0.05, 0) is 42.3 Å². The van der Waals surface area contributed by atoms with Gasteiger partial charge in [0, 0.05) is 12.2 Å². The molecule has 0 bridgehead atoms. The summed E-state index contributed by atoms with van der Waals surface area (Å²) in [6.07, 6.45) is 0.694. The minimum atomic E-state index is -0.467. The number of carbonyl (C=O) groups is 1. The molecule has 0 unspecified atom stereocenters. The van der Waals surface area contributed by atoms with Crippen LogP contribution in [0.15, 0.2) is 78.9 Å². The third-order valence-electron chi connectivity index (χ3n) is 4.17. The number of carbonyl (C=O) groups excluding carboxylic acids is 1. The summed E-state index contributed by atoms with van der Waals surface area (Å²) in [5, 5.41) is 0. The molecule has 3 nitrogen and oxygen atoms in total. The standard InChI is InChI=1S/C22H20FNO2/c1-26-21-13-12-18(23)16-20(21)22(25)24(19-10-6-3-7-11-19)15-14-17-8-4-2-5-9-17/h2-13,16H,14-15H2,1H3. The second kappa shape index (κ2) is 8.30. The Hall–Kier alpha value is -3.14. The fourth-order valence-corrected chi connectivity index (χ4v) is 2.83. The first kappa shape index (κ1) is 17.7. The van der Waals surface area contributed by atoms with Gasteiger partial charge in [0.1, 0.15) is 11.6 Å². The van der Waals surface area contributed by atoms with E-state index in [1.165, 1.54) is 25.3 Å². The van der Waals surface area contributed by atoms with E-state index in [2.05, 4.69) is 0 Å². The molecule has 0 aliphatic heterocycles. The Morgan fingerprint density at radius 3 is 2.27 bits per heavy atom. The molecule has 1 amide bonds. The Morgan fingerprint density at radius 2 is 1.62 bits per heavy atom. The zero-order chi connectivity index (χ0) is 18.4. The maximum Gasteiger partial charge on any atom is 0.262 e. The van der Waals surface area contributed by atoms with Crippen molar-refractivity contribution in [2.45, 2.75) is 6.42 Å². The minimum Gasteiger partial charge on any atom is -0.496 e. The summed E-state index contributed by atoms with van der Waals surface area (Å²) in [6.45, 7) is 0.479. The molecule has 0 aliphatic carbocycles. The molecular weight excluding hydrogens is 329 g/mol. The summed E-state index contributed by atoms with van der Waals surface area (Å²) < 4.78 is 19.0. The summed E-state index contributed by atoms with van der Waals surface area (Å²) in [5.41, 5.74) is 2.11. The lowest BCUT2D eigenvalue weighted by Crippen LogP contribution is -2.33. The lowest BCUT2D eigenvalue weighted by molar-refractivity contribution is 0.0984. The molecule has 26 heavy (non-hydrogen) atoms. The number of rotatable bonds is 6. The minimum absolute atomic E-state index is 0.212. The Balaban J connectivity index is 1.92. The molecule has 3 aromatic rings. The predicted molar refractivity (Wildman–Crippen MR) is 101 cm³/mol. The number of hydrogen-bond acceptors (Lipinski definition) is 2. The lowest BCUT2D eigenvalue weighted by Gasteiger charge is -2.24. The molecule has 0 radical (unpaired) electrons. The molecule has 3 rings (SSSR count). The number of methoxy groups -OCH3 is 1. The summed E-state index contributed by atoms with van der Waals surface area (Å²) in [4.78, 5) is 14.8. The highest BCUT2D eigenvalue weighted by molar-refractivity contribution is 6.07. The van der Waals surface area contributed by atoms with Crippen LogP contribution in [-0.2, 0) is 6.42 Å². The first-order chi connectivity index (χ1) is 12.7. The Kier molecular flexibility index (Phi) is 5.64. The molecule has 0 N–H and O–H groups in total. The average Bonchev–Trinajstić information content (AvgIpc) is 2.69. The number of anilines is 1. The number of amides is 1. The maximum atomic E-state index is 13.7. The smallest absolute Gasteiger partial charge is 0.262 e. The van der Waals surface area contributed by atoms with Gasteiger partial charge in [0.2, 0.25) is 0 Å². The molecule has 0 heterocycles. The Labute approximate surface area is 152 Å². The van der Waals surface area contributed by atoms with Crippen molar-refractivity contribution in [2.75, 3.05) is 18.6 Å². The lowest BCUT2D eigenvalue weighted by atomic mass is 10.1. The van der Waals surface area contributed by atoms with Crippen molar-refractivity contribution in [3.05, 3.63) is 95.8 Å². The average molecular weight is 349 g/mol. The molecule has 0 aliphatic rings. The van der Waals surface area contributed by atoms with Crippen LogP contribution in [0.25, 0.3) is 0 Å². The molecule has 4 heteroatoms. The SMILES string of the molecule is COc1ccc(F)cc1C(=O)N(CCc1ccccc1)c1ccccc1. The zero-order valence-corrected chi connectivity index (χ0v) is 14.6. The van der Waals surface area contributed by atoms with E-state index >= 15 is 0 Å². The fourth-order valence-electron chi connectivity index (χ4n) is 2.83. The highest BCUT2D eigenvalue weighted by atomic mass is 19.1. The van der Waals surface area contributed by atoms with Gasteiger partial charge in [-0.3, -0.25) is 4.79 Å². The van der Waals surface area contributed by atoms with Gasteiger partial charge >= 0.3 is 0 Å². The third kappa shape index (κ3) is 4.09. The summed E-state index contributed by atoms with van der Waals surface area (Å²) in [6, 6.07) is 23.3. The van der Waals surface area contributed by atoms with E-state index in [1.54, 1.807) is 4.90 Å². The van der Waals surface area contributed by atoms with Gasteiger partial charge in [0.15, 0.2) is 0 Å². The molecule has 0 aromatic heterocycles. The molecule has 0 saturated heterocycles. The van der Waals surface area contributed by atoms with Crippen molar-refractivity contribution < 1.29 is 13.9 Å². The Morgan fingerprint density at radius 1 is 0.962 bits per heavy atom. The molecular formula is C22H20FNO2. The largest absolute Gasteiger partial charge is 0.496 e. The van der Waals surface area contributed by atoms with Crippen LogP contribution in [0.1, 0.15) is 15.9 Å². The van der Waals surface area contributed by atoms with E-state index in [4.69, 9.17) is 4.74 Å². The van der Waals surface area contributed by atoms with E-state index in [0.29, 0.717) is 18.7 Å². The van der Waals surface area contributed by atoms with Gasteiger partial charge in [0.05, 0.1) is 12.7 Å². The first-order valence-corrected chi connectivity index (χ1v) is 8.43. The van der Waals surface area contributed by atoms with Crippen LogP contribution in [0.2, 0.25) is 0 Å². The number of nitrogens with zero attached hydrogens (tertiary/aromatic N) is 1. The van der Waals surface area contributed by atoms with Crippen molar-refractivity contribution in [1.82, 2.24) is 0 Å². The predicted octanol–water partition coefficient (Wildman–Crippen LogP) is 4.72. The second-order valence-electron chi connectivity index (χ2n) is 5.87. The van der Waals surface area contributed by atoms with Crippen LogP contribution >= 0.6 is 0 Å². The van der Waals surface area contributed by atoms with Gasteiger partial charge in [-0.2, -0.15) is 0 Å². The van der Waals surface area contributed by atoms with E-state index in [0.717, 1.165) is 11.3 Å². The van der Waals surface area contributed by atoms with Gasteiger partial charge in [0.25, 0.3) is 5.91 Å². The normalized spacial score (nSPS) is 10.4. The van der Waals surface area contributed by atoms with E-state index in [-0.39, 0.29) is 11.5 Å². The topological polar surface area (TPSA) is 29.5 Å². The van der Waals surface area contributed by atoms with Gasteiger partial charge in [-0.15, -0.1) is 0 Å². The van der Waals surface area contributed by atoms with Crippen molar-refractivity contribution in [3.63, 3.8) is 0 Å². The van der Waals surface area contributed by atoms with E-state index in [9.17, 15) is 9.18 Å². The third-order valence-corrected chi connectivity index (χ3v) is 4.17. The Bertz CT molecular complexity index is 866. The quantitative estimate of drug-likeness (QED) is 0.644. The van der Waals surface area contributed by atoms with E-state index in [1.807, 2.05) is 60.7 Å². The van der Waals surface area contributed by atoms with Crippen molar-refractivity contribution in [3.8, 4) is 5.75 Å². The molecule has 132 valence electrons. The highest BCUT2D eigenvalue weighted by Crippen LogP contribution is 2.24. The molecule has 0 spiro atoms. The molecule has 0 saturated carbocycles. The van der Waals surface area contributed by atoms with Crippen molar-refractivity contribution in [2.24, 2.45) is 0 Å². The van der Waals surface area contributed by atoms with E-state index < -0.39 is 5.82 Å². The molecule has 0 atom stereocenters. The number of hydrogen-bond donors (Lipinski definition) is 0. The van der Waals surface area contributed by atoms with Gasteiger partial charge in [-0.1, -0.05) is 48.5 Å².